The molecule has 0 spiro atoms. The summed E-state index contributed by atoms with van der Waals surface area (Å²) in [4.78, 5) is 24.4. The van der Waals surface area contributed by atoms with Gasteiger partial charge < -0.3 is 15.0 Å². The van der Waals surface area contributed by atoms with Crippen molar-refractivity contribution in [3.8, 4) is 0 Å². The van der Waals surface area contributed by atoms with Crippen LogP contribution in [-0.2, 0) is 14.3 Å². The molecule has 1 N–H and O–H groups in total. The summed E-state index contributed by atoms with van der Waals surface area (Å²) < 4.78 is 4.51. The summed E-state index contributed by atoms with van der Waals surface area (Å²) in [6.45, 7) is 7.57. The Morgan fingerprint density at radius 2 is 1.88 bits per heavy atom. The number of amides is 1. The van der Waals surface area contributed by atoms with E-state index in [0.717, 1.165) is 0 Å². The van der Waals surface area contributed by atoms with Gasteiger partial charge in [-0.15, -0.1) is 0 Å². The molecule has 0 aliphatic rings. The fourth-order valence-electron chi connectivity index (χ4n) is 1.39. The molecule has 0 aliphatic carbocycles. The fourth-order valence-corrected chi connectivity index (χ4v) is 1.39. The molecule has 1 atom stereocenters. The van der Waals surface area contributed by atoms with Crippen LogP contribution in [0.4, 0.5) is 0 Å². The number of rotatable bonds is 7. The molecular formula is C11H22N2O3. The lowest BCUT2D eigenvalue weighted by atomic mass is 10.2. The second-order valence-electron chi connectivity index (χ2n) is 3.51. The molecule has 0 saturated carbocycles. The zero-order valence-electron chi connectivity index (χ0n) is 10.6. The van der Waals surface area contributed by atoms with E-state index >= 15 is 0 Å². The summed E-state index contributed by atoms with van der Waals surface area (Å²) in [5.41, 5.74) is 0. The molecule has 0 bridgehead atoms. The van der Waals surface area contributed by atoms with Crippen molar-refractivity contribution in [3.63, 3.8) is 0 Å². The third-order valence-corrected chi connectivity index (χ3v) is 2.45. The van der Waals surface area contributed by atoms with Crippen molar-refractivity contribution in [3.05, 3.63) is 0 Å². The first kappa shape index (κ1) is 14.9. The number of carbonyl (C=O) groups excluding carboxylic acids is 2. The number of likely N-dealkylation sites (N-methyl/N-ethyl adjacent to an activating group) is 1. The number of methoxy groups -OCH3 is 1. The Balaban J connectivity index is 3.91. The molecule has 0 aliphatic heterocycles. The van der Waals surface area contributed by atoms with E-state index in [1.807, 2.05) is 13.8 Å². The van der Waals surface area contributed by atoms with E-state index in [4.69, 9.17) is 0 Å². The number of carbonyl (C=O) groups is 2. The number of nitrogens with one attached hydrogen (secondary N) is 1. The van der Waals surface area contributed by atoms with Crippen molar-refractivity contribution >= 4 is 11.9 Å². The summed E-state index contributed by atoms with van der Waals surface area (Å²) in [6.07, 6.45) is 0.284. The van der Waals surface area contributed by atoms with Gasteiger partial charge in [-0.3, -0.25) is 9.59 Å². The average Bonchev–Trinajstić information content (AvgIpc) is 2.29. The van der Waals surface area contributed by atoms with Crippen LogP contribution in [-0.4, -0.2) is 49.6 Å². The van der Waals surface area contributed by atoms with Crippen molar-refractivity contribution in [1.82, 2.24) is 10.2 Å². The molecule has 94 valence electrons. The van der Waals surface area contributed by atoms with E-state index in [0.29, 0.717) is 19.6 Å². The molecule has 0 aromatic rings. The third-order valence-electron chi connectivity index (χ3n) is 2.45. The van der Waals surface area contributed by atoms with Crippen LogP contribution in [0, 0.1) is 0 Å². The second-order valence-corrected chi connectivity index (χ2v) is 3.51. The van der Waals surface area contributed by atoms with Crippen LogP contribution in [0.2, 0.25) is 0 Å². The van der Waals surface area contributed by atoms with Gasteiger partial charge in [-0.2, -0.15) is 0 Å². The maximum Gasteiger partial charge on any atom is 0.306 e. The summed E-state index contributed by atoms with van der Waals surface area (Å²) in [5, 5.41) is 3.00. The van der Waals surface area contributed by atoms with E-state index < -0.39 is 0 Å². The highest BCUT2D eigenvalue weighted by Gasteiger charge is 2.17. The van der Waals surface area contributed by atoms with Crippen molar-refractivity contribution in [1.29, 1.82) is 0 Å². The molecule has 0 aromatic carbocycles. The molecule has 16 heavy (non-hydrogen) atoms. The van der Waals surface area contributed by atoms with Crippen LogP contribution in [0.5, 0.6) is 0 Å². The maximum atomic E-state index is 11.8. The van der Waals surface area contributed by atoms with Crippen LogP contribution in [0.1, 0.15) is 27.2 Å². The molecule has 5 nitrogen and oxygen atoms in total. The van der Waals surface area contributed by atoms with E-state index in [9.17, 15) is 9.59 Å². The molecule has 0 rings (SSSR count). The predicted octanol–water partition coefficient (Wildman–Crippen LogP) is 0.396. The fraction of sp³-hybridized carbons (Fsp3) is 0.818. The SMILES string of the molecule is CCN(CC)C(=O)C(C)NCCC(=O)OC. The molecule has 1 amide bonds. The van der Waals surface area contributed by atoms with Gasteiger partial charge in [-0.05, 0) is 20.8 Å². The molecular weight excluding hydrogens is 208 g/mol. The first-order chi connectivity index (χ1) is 7.56. The van der Waals surface area contributed by atoms with Crippen molar-refractivity contribution in [2.24, 2.45) is 0 Å². The summed E-state index contributed by atoms with van der Waals surface area (Å²) in [7, 11) is 1.35. The summed E-state index contributed by atoms with van der Waals surface area (Å²) >= 11 is 0. The first-order valence-corrected chi connectivity index (χ1v) is 5.65. The first-order valence-electron chi connectivity index (χ1n) is 5.65. The Morgan fingerprint density at radius 3 is 2.31 bits per heavy atom. The van der Waals surface area contributed by atoms with Gasteiger partial charge in [0.05, 0.1) is 19.6 Å². The highest BCUT2D eigenvalue weighted by atomic mass is 16.5. The van der Waals surface area contributed by atoms with Gasteiger partial charge in [0.15, 0.2) is 0 Å². The summed E-state index contributed by atoms with van der Waals surface area (Å²) in [6, 6.07) is -0.260. The van der Waals surface area contributed by atoms with E-state index in [1.165, 1.54) is 7.11 Å². The second kappa shape index (κ2) is 8.10. The Bertz CT molecular complexity index is 227. The predicted molar refractivity (Wildman–Crippen MR) is 62.0 cm³/mol. The minimum atomic E-state index is -0.269. The molecule has 0 saturated heterocycles. The molecule has 0 radical (unpaired) electrons. The van der Waals surface area contributed by atoms with Crippen LogP contribution in [0.3, 0.4) is 0 Å². The Kier molecular flexibility index (Phi) is 7.54. The normalized spacial score (nSPS) is 12.0. The van der Waals surface area contributed by atoms with Crippen molar-refractivity contribution in [2.75, 3.05) is 26.7 Å². The van der Waals surface area contributed by atoms with Gasteiger partial charge in [0, 0.05) is 19.6 Å². The molecule has 1 unspecified atom stereocenters. The largest absolute Gasteiger partial charge is 0.469 e. The van der Waals surface area contributed by atoms with Crippen LogP contribution < -0.4 is 5.32 Å². The monoisotopic (exact) mass is 230 g/mol. The van der Waals surface area contributed by atoms with E-state index in [2.05, 4.69) is 10.1 Å². The van der Waals surface area contributed by atoms with Gasteiger partial charge in [0.25, 0.3) is 0 Å². The zero-order valence-corrected chi connectivity index (χ0v) is 10.6. The molecule has 0 fully saturated rings. The lowest BCUT2D eigenvalue weighted by molar-refractivity contribution is -0.141. The van der Waals surface area contributed by atoms with Crippen molar-refractivity contribution in [2.45, 2.75) is 33.2 Å². The van der Waals surface area contributed by atoms with Crippen LogP contribution >= 0.6 is 0 Å². The number of esters is 1. The average molecular weight is 230 g/mol. The number of nitrogens with zero attached hydrogens (tertiary/aromatic N) is 1. The zero-order chi connectivity index (χ0) is 12.6. The van der Waals surface area contributed by atoms with Gasteiger partial charge in [-0.25, -0.2) is 0 Å². The van der Waals surface area contributed by atoms with Gasteiger partial charge >= 0.3 is 5.97 Å². The smallest absolute Gasteiger partial charge is 0.306 e. The van der Waals surface area contributed by atoms with E-state index in [-0.39, 0.29) is 24.3 Å². The maximum absolute atomic E-state index is 11.8. The Morgan fingerprint density at radius 1 is 1.31 bits per heavy atom. The standard InChI is InChI=1S/C11H22N2O3/c1-5-13(6-2)11(15)9(3)12-8-7-10(14)16-4/h9,12H,5-8H2,1-4H3. The molecule has 0 aromatic heterocycles. The van der Waals surface area contributed by atoms with Gasteiger partial charge in [-0.1, -0.05) is 0 Å². The highest BCUT2D eigenvalue weighted by molar-refractivity contribution is 5.81. The van der Waals surface area contributed by atoms with Crippen LogP contribution in [0.25, 0.3) is 0 Å². The van der Waals surface area contributed by atoms with E-state index in [1.54, 1.807) is 11.8 Å². The van der Waals surface area contributed by atoms with Gasteiger partial charge in [0.2, 0.25) is 5.91 Å². The lowest BCUT2D eigenvalue weighted by Crippen LogP contribution is -2.45. The number of hydrogen-bond acceptors (Lipinski definition) is 4. The number of ether oxygens (including phenoxy) is 1. The summed E-state index contributed by atoms with van der Waals surface area (Å²) in [5.74, 6) is -0.204. The minimum absolute atomic E-state index is 0.0647. The quantitative estimate of drug-likeness (QED) is 0.643. The number of hydrogen-bond donors (Lipinski definition) is 1. The topological polar surface area (TPSA) is 58.6 Å². The molecule has 5 heteroatoms. The van der Waals surface area contributed by atoms with Crippen LogP contribution in [0.15, 0.2) is 0 Å². The van der Waals surface area contributed by atoms with Gasteiger partial charge in [0.1, 0.15) is 0 Å². The molecule has 0 heterocycles. The Labute approximate surface area is 97.1 Å². The highest BCUT2D eigenvalue weighted by Crippen LogP contribution is 1.95. The minimum Gasteiger partial charge on any atom is -0.469 e. The Hall–Kier alpha value is -1.10. The third kappa shape index (κ3) is 5.11. The van der Waals surface area contributed by atoms with Crippen molar-refractivity contribution < 1.29 is 14.3 Å². The lowest BCUT2D eigenvalue weighted by Gasteiger charge is -2.23.